The number of furan rings is 1. The molecule has 1 aliphatic rings. The van der Waals surface area contributed by atoms with E-state index in [1.54, 1.807) is 0 Å². The summed E-state index contributed by atoms with van der Waals surface area (Å²) in [5, 5.41) is -1.80. The molecule has 11 rings (SSSR count). The molecule has 0 bridgehead atoms. The van der Waals surface area contributed by atoms with Crippen LogP contribution in [0.1, 0.15) is 38.4 Å². The number of ether oxygens (including phenoxy) is 1. The summed E-state index contributed by atoms with van der Waals surface area (Å²) in [6.45, 7) is 0. The zero-order valence-electron chi connectivity index (χ0n) is 54.3. The zero-order valence-corrected chi connectivity index (χ0v) is 27.2. The maximum Gasteiger partial charge on any atom is 0.202 e. The van der Waals surface area contributed by atoms with Crippen LogP contribution < -0.4 is 15.7 Å². The summed E-state index contributed by atoms with van der Waals surface area (Å²) in [7, 11) is 1.02. The lowest BCUT2D eigenvalue weighted by Crippen LogP contribution is -2.35. The Labute approximate surface area is 351 Å². The first-order chi connectivity index (χ1) is 37.9. The molecule has 0 amide bonds. The van der Waals surface area contributed by atoms with E-state index in [-0.39, 0.29) is 5.39 Å². The molecule has 0 saturated carbocycles. The second-order valence-electron chi connectivity index (χ2n) is 11.5. The predicted octanol–water partition coefficient (Wildman–Crippen LogP) is 11.7. The Morgan fingerprint density at radius 2 is 1.15 bits per heavy atom. The zero-order chi connectivity index (χ0) is 59.4. The van der Waals surface area contributed by atoms with Crippen LogP contribution >= 0.6 is 12.6 Å². The van der Waals surface area contributed by atoms with Crippen molar-refractivity contribution < 1.29 is 47.5 Å². The van der Waals surface area contributed by atoms with Gasteiger partial charge in [-0.25, -0.2) is 0 Å². The van der Waals surface area contributed by atoms with Gasteiger partial charge in [-0.15, -0.1) is 12.6 Å². The lowest BCUT2D eigenvalue weighted by atomic mass is 9.59. The molecule has 0 spiro atoms. The number of fused-ring (bicyclic) bond motifs is 8. The molecule has 247 valence electrons. The highest BCUT2D eigenvalue weighted by Gasteiger charge is 2.25. The quantitative estimate of drug-likeness (QED) is 0.145. The normalized spacial score (nSPS) is 19.6. The van der Waals surface area contributed by atoms with Crippen LogP contribution in [0, 0.1) is 0 Å². The largest absolute Gasteiger partial charge is 0.458 e. The van der Waals surface area contributed by atoms with Gasteiger partial charge in [-0.3, -0.25) is 0 Å². The lowest BCUT2D eigenvalue weighted by molar-refractivity contribution is 0.488. The van der Waals surface area contributed by atoms with E-state index in [1.807, 2.05) is 0 Å². The lowest BCUT2D eigenvalue weighted by Gasteiger charge is -2.25. The van der Waals surface area contributed by atoms with E-state index in [0.717, 1.165) is 11.8 Å². The summed E-state index contributed by atoms with van der Waals surface area (Å²) in [6, 6.07) is -24.0. The van der Waals surface area contributed by atoms with Crippen LogP contribution in [-0.4, -0.2) is 11.8 Å². The fraction of sp³-hybridized carbons (Fsp3) is 0. The maximum absolute atomic E-state index is 9.91. The van der Waals surface area contributed by atoms with Crippen LogP contribution in [0.3, 0.4) is 0 Å². The molecule has 3 heterocycles. The third kappa shape index (κ3) is 4.78. The third-order valence-corrected chi connectivity index (χ3v) is 8.86. The van der Waals surface area contributed by atoms with E-state index in [4.69, 9.17) is 35.2 Å². The molecule has 2 aromatic heterocycles. The Bertz CT molecular complexity index is 4600. The van der Waals surface area contributed by atoms with Crippen molar-refractivity contribution in [3.05, 3.63) is 169 Å². The molecule has 53 heavy (non-hydrogen) atoms. The highest BCUT2D eigenvalue weighted by Crippen LogP contribution is 2.40. The summed E-state index contributed by atoms with van der Waals surface area (Å²) in [4.78, 5) is -0.508. The molecular weight excluding hydrogens is 665 g/mol. The number of benzene rings is 8. The van der Waals surface area contributed by atoms with Crippen molar-refractivity contribution in [1.82, 2.24) is 4.57 Å². The standard InChI is InChI=1S/C48H29BNO2S/c53-47-20-10-5-15-36(47)38-26-31(29-21-23-44-37(25-29)35-14-4-9-19-43(35)51-44)28-46-48(38)49-39-27-30(22-24-45(39)52-46)32-11-1-6-16-40(32)50-41-17-7-2-12-33(41)34-13-3-8-18-42(34)50/h1-28,53H/i1D,2D,3D,4D,5D,6D,7D,8D,9D,10D,11D,12D,13D,14D,15D,16D,17D,18D,19D,20D,21D,22D,23D,24D,25D,26D,27D,28D. The van der Waals surface area contributed by atoms with E-state index in [1.165, 1.54) is 0 Å². The molecule has 5 heteroatoms. The smallest absolute Gasteiger partial charge is 0.202 e. The van der Waals surface area contributed by atoms with E-state index in [0.29, 0.717) is 0 Å². The minimum Gasteiger partial charge on any atom is -0.458 e. The van der Waals surface area contributed by atoms with Gasteiger partial charge in [0.2, 0.25) is 7.28 Å². The molecule has 10 aromatic rings. The Hall–Kier alpha value is -6.43. The molecule has 0 fully saturated rings. The second kappa shape index (κ2) is 11.8. The van der Waals surface area contributed by atoms with Gasteiger partial charge in [0.25, 0.3) is 0 Å². The molecule has 0 saturated heterocycles. The van der Waals surface area contributed by atoms with Crippen LogP contribution in [0.2, 0.25) is 0 Å². The van der Waals surface area contributed by atoms with Crippen LogP contribution in [0.4, 0.5) is 0 Å². The number of hydrogen-bond acceptors (Lipinski definition) is 3. The number of para-hydroxylation sites is 4. The fourth-order valence-corrected chi connectivity index (χ4v) is 6.46. The molecule has 8 aromatic carbocycles. The summed E-state index contributed by atoms with van der Waals surface area (Å²) in [5.74, 6) is -1.40. The highest BCUT2D eigenvalue weighted by molar-refractivity contribution is 7.80. The number of aromatic nitrogens is 1. The predicted molar refractivity (Wildman–Crippen MR) is 223 cm³/mol. The summed E-state index contributed by atoms with van der Waals surface area (Å²) in [5.41, 5.74) is -8.18. The maximum atomic E-state index is 9.91. The Morgan fingerprint density at radius 1 is 0.491 bits per heavy atom. The van der Waals surface area contributed by atoms with Gasteiger partial charge in [0.1, 0.15) is 22.7 Å². The molecule has 1 aliphatic heterocycles. The highest BCUT2D eigenvalue weighted by atomic mass is 32.1. The van der Waals surface area contributed by atoms with Gasteiger partial charge in [-0.05, 0) is 99.2 Å². The summed E-state index contributed by atoms with van der Waals surface area (Å²) < 4.78 is 265. The number of hydrogen-bond donors (Lipinski definition) is 1. The van der Waals surface area contributed by atoms with Crippen LogP contribution in [0.25, 0.3) is 82.8 Å². The van der Waals surface area contributed by atoms with Gasteiger partial charge < -0.3 is 13.7 Å². The van der Waals surface area contributed by atoms with Crippen molar-refractivity contribution in [3.63, 3.8) is 0 Å². The SMILES string of the molecule is [2H]c1c([2H])c([2H])c(-c2c([2H])c(-c3c([2H])c([2H])c4oc5c([2H])c([2H])c([2H])c([2H])c5c4c3[2H])c([2H])c3c2[B]c2c([2H])c(-c4c([2H])c([2H])c([2H])c([2H])c4-n4c5c([2H])c([2H])c([2H])c([2H])c5c5c([2H])c([2H])c([2H])c([2H])c54)c([2H])c([2H])c2O3)c(S)c1[2H]. The molecule has 0 N–H and O–H groups in total. The van der Waals surface area contributed by atoms with Crippen LogP contribution in [-0.2, 0) is 0 Å². The first-order valence-corrected chi connectivity index (χ1v) is 16.0. The van der Waals surface area contributed by atoms with Crippen molar-refractivity contribution in [2.45, 2.75) is 4.90 Å². The van der Waals surface area contributed by atoms with Crippen molar-refractivity contribution >= 4 is 74.6 Å². The Kier molecular flexibility index (Phi) is 3.01. The van der Waals surface area contributed by atoms with E-state index in [2.05, 4.69) is 12.6 Å². The van der Waals surface area contributed by atoms with Crippen molar-refractivity contribution in [1.29, 1.82) is 0 Å². The molecule has 0 unspecified atom stereocenters. The summed E-state index contributed by atoms with van der Waals surface area (Å²) >= 11 is 4.45. The Balaban J connectivity index is 1.27. The van der Waals surface area contributed by atoms with Crippen LogP contribution in [0.5, 0.6) is 11.5 Å². The molecule has 0 atom stereocenters. The minimum absolute atomic E-state index is 0.390. The molecule has 3 nitrogen and oxygen atoms in total. The topological polar surface area (TPSA) is 27.3 Å². The Morgan fingerprint density at radius 3 is 1.98 bits per heavy atom. The third-order valence-electron chi connectivity index (χ3n) is 8.53. The van der Waals surface area contributed by atoms with Crippen molar-refractivity contribution in [3.8, 4) is 50.6 Å². The average Bonchev–Trinajstić information content (AvgIpc) is 2.75. The first-order valence-electron chi connectivity index (χ1n) is 29.5. The van der Waals surface area contributed by atoms with Crippen molar-refractivity contribution in [2.24, 2.45) is 0 Å². The fourth-order valence-electron chi connectivity index (χ4n) is 6.23. The van der Waals surface area contributed by atoms with Gasteiger partial charge in [0, 0.05) is 32.0 Å². The summed E-state index contributed by atoms with van der Waals surface area (Å²) in [6.07, 6.45) is 0. The second-order valence-corrected chi connectivity index (χ2v) is 11.9. The average molecular weight is 723 g/mol. The van der Waals surface area contributed by atoms with E-state index >= 15 is 0 Å². The van der Waals surface area contributed by atoms with Gasteiger partial charge in [0.05, 0.1) is 55.1 Å². The number of nitrogens with zero attached hydrogens (tertiary/aromatic N) is 1. The number of thiol groups is 1. The molecular formula is C48H29BNO2S. The van der Waals surface area contributed by atoms with E-state index < -0.39 is 274 Å². The first kappa shape index (κ1) is 13.5. The van der Waals surface area contributed by atoms with Gasteiger partial charge >= 0.3 is 0 Å². The van der Waals surface area contributed by atoms with Gasteiger partial charge in [-0.1, -0.05) is 109 Å². The van der Waals surface area contributed by atoms with Crippen LogP contribution in [0.15, 0.2) is 179 Å². The van der Waals surface area contributed by atoms with E-state index in [9.17, 15) is 12.3 Å². The van der Waals surface area contributed by atoms with Crippen molar-refractivity contribution in [2.75, 3.05) is 0 Å². The van der Waals surface area contributed by atoms with Gasteiger partial charge in [-0.2, -0.15) is 0 Å². The number of rotatable bonds is 4. The van der Waals surface area contributed by atoms with Gasteiger partial charge in [0.15, 0.2) is 0 Å². The minimum atomic E-state index is -1.02. The monoisotopic (exact) mass is 722 g/mol. The molecule has 0 aliphatic carbocycles. The molecule has 1 radical (unpaired) electrons.